The summed E-state index contributed by atoms with van der Waals surface area (Å²) in [6.07, 6.45) is 1.60. The Morgan fingerprint density at radius 3 is 2.53 bits per heavy atom. The van der Waals surface area contributed by atoms with Crippen LogP contribution in [0, 0.1) is 0 Å². The summed E-state index contributed by atoms with van der Waals surface area (Å²) in [5, 5.41) is 16.2. The highest BCUT2D eigenvalue weighted by Crippen LogP contribution is 2.44. The van der Waals surface area contributed by atoms with Crippen LogP contribution < -0.4 is 0 Å². The van der Waals surface area contributed by atoms with Crippen molar-refractivity contribution in [1.29, 1.82) is 0 Å². The fourth-order valence-electron chi connectivity index (χ4n) is 2.55. The molecule has 1 heterocycles. The molecule has 0 spiro atoms. The van der Waals surface area contributed by atoms with E-state index in [1.807, 2.05) is 30.3 Å². The smallest absolute Gasteiger partial charge is 0.315 e. The minimum Gasteiger partial charge on any atom is -0.481 e. The highest BCUT2D eigenvalue weighted by Gasteiger charge is 2.53. The third-order valence-electron chi connectivity index (χ3n) is 3.62. The first-order chi connectivity index (χ1) is 9.13. The molecule has 1 saturated carbocycles. The first-order valence-corrected chi connectivity index (χ1v) is 5.98. The number of nitrogens with zero attached hydrogens (tertiary/aromatic N) is 1. The number of benzene rings is 1. The fourth-order valence-corrected chi connectivity index (χ4v) is 2.55. The van der Waals surface area contributed by atoms with Gasteiger partial charge in [-0.1, -0.05) is 30.3 Å². The molecular weight excluding hydrogens is 244 g/mol. The highest BCUT2D eigenvalue weighted by molar-refractivity contribution is 6.02. The van der Waals surface area contributed by atoms with Crippen molar-refractivity contribution < 1.29 is 14.7 Å². The molecule has 2 N–H and O–H groups in total. The van der Waals surface area contributed by atoms with Crippen LogP contribution >= 0.6 is 0 Å². The van der Waals surface area contributed by atoms with E-state index in [-0.39, 0.29) is 18.6 Å². The molecule has 1 aliphatic carbocycles. The number of carboxylic acid groups (broad SMARTS) is 1. The number of aromatic nitrogens is 2. The lowest BCUT2D eigenvalue weighted by Crippen LogP contribution is -2.48. The van der Waals surface area contributed by atoms with Crippen molar-refractivity contribution in [1.82, 2.24) is 10.2 Å². The van der Waals surface area contributed by atoms with Crippen LogP contribution in [-0.2, 0) is 15.0 Å². The van der Waals surface area contributed by atoms with Crippen LogP contribution in [0.5, 0.6) is 0 Å². The Morgan fingerprint density at radius 1 is 1.26 bits per heavy atom. The maximum Gasteiger partial charge on any atom is 0.315 e. The quantitative estimate of drug-likeness (QED) is 0.876. The number of hydrogen-bond acceptors (Lipinski definition) is 3. The molecule has 1 aliphatic rings. The predicted octanol–water partition coefficient (Wildman–Crippen LogP) is 1.76. The van der Waals surface area contributed by atoms with Gasteiger partial charge in [-0.2, -0.15) is 5.10 Å². The van der Waals surface area contributed by atoms with E-state index < -0.39 is 11.4 Å². The molecule has 5 nitrogen and oxygen atoms in total. The second-order valence-electron chi connectivity index (χ2n) is 4.80. The molecule has 0 radical (unpaired) electrons. The maximum atomic E-state index is 11.5. The molecule has 1 aromatic carbocycles. The van der Waals surface area contributed by atoms with E-state index in [9.17, 15) is 14.7 Å². The predicted molar refractivity (Wildman–Crippen MR) is 67.6 cm³/mol. The number of rotatable bonds is 3. The van der Waals surface area contributed by atoms with Gasteiger partial charge in [0.2, 0.25) is 0 Å². The van der Waals surface area contributed by atoms with E-state index in [0.29, 0.717) is 11.3 Å². The number of ketones is 1. The summed E-state index contributed by atoms with van der Waals surface area (Å²) in [4.78, 5) is 22.8. The Morgan fingerprint density at radius 2 is 1.95 bits per heavy atom. The molecule has 0 atom stereocenters. The zero-order chi connectivity index (χ0) is 13.5. The minimum atomic E-state index is -1.12. The van der Waals surface area contributed by atoms with Crippen LogP contribution in [0.1, 0.15) is 18.4 Å². The SMILES string of the molecule is O=C1CC(C(=O)O)(c2cn[nH]c2-c2ccccc2)C1. The number of carbonyl (C=O) groups excluding carboxylic acids is 1. The molecule has 5 heteroatoms. The number of H-pyrrole nitrogens is 1. The number of carboxylic acids is 1. The molecule has 0 aliphatic heterocycles. The summed E-state index contributed by atoms with van der Waals surface area (Å²) in [7, 11) is 0. The van der Waals surface area contributed by atoms with Crippen LogP contribution in [0.25, 0.3) is 11.3 Å². The molecule has 0 saturated heterocycles. The number of carbonyl (C=O) groups is 2. The standard InChI is InChI=1S/C14H12N2O3/c17-10-6-14(7-10,13(18)19)11-8-15-16-12(11)9-4-2-1-3-5-9/h1-5,8H,6-7H2,(H,15,16)(H,18,19). The van der Waals surface area contributed by atoms with Gasteiger partial charge in [0, 0.05) is 18.4 Å². The Hall–Kier alpha value is -2.43. The van der Waals surface area contributed by atoms with Crippen LogP contribution in [-0.4, -0.2) is 27.1 Å². The summed E-state index contributed by atoms with van der Waals surface area (Å²) in [6.45, 7) is 0. The van der Waals surface area contributed by atoms with E-state index in [1.165, 1.54) is 6.20 Å². The normalized spacial score (nSPS) is 16.9. The minimum absolute atomic E-state index is 0.0254. The number of nitrogens with one attached hydrogen (secondary N) is 1. The van der Waals surface area contributed by atoms with E-state index in [2.05, 4.69) is 10.2 Å². The number of hydrogen-bond donors (Lipinski definition) is 2. The number of aromatic amines is 1. The van der Waals surface area contributed by atoms with Crippen LogP contribution in [0.15, 0.2) is 36.5 Å². The summed E-state index contributed by atoms with van der Waals surface area (Å²) in [5.41, 5.74) is 1.02. The van der Waals surface area contributed by atoms with Crippen molar-refractivity contribution in [3.8, 4) is 11.3 Å². The Balaban J connectivity index is 2.10. The van der Waals surface area contributed by atoms with Crippen LogP contribution in [0.2, 0.25) is 0 Å². The summed E-state index contributed by atoms with van der Waals surface area (Å²) in [5.74, 6) is -0.992. The third kappa shape index (κ3) is 1.66. The van der Waals surface area contributed by atoms with Crippen molar-refractivity contribution in [3.05, 3.63) is 42.1 Å². The highest BCUT2D eigenvalue weighted by atomic mass is 16.4. The molecule has 19 heavy (non-hydrogen) atoms. The second kappa shape index (κ2) is 4.05. The zero-order valence-corrected chi connectivity index (χ0v) is 10.1. The Bertz CT molecular complexity index is 638. The summed E-state index contributed by atoms with van der Waals surface area (Å²) < 4.78 is 0. The lowest BCUT2D eigenvalue weighted by molar-refractivity contribution is -0.153. The van der Waals surface area contributed by atoms with Gasteiger partial charge in [-0.25, -0.2) is 0 Å². The average molecular weight is 256 g/mol. The van der Waals surface area contributed by atoms with Gasteiger partial charge < -0.3 is 5.11 Å². The van der Waals surface area contributed by atoms with Crippen LogP contribution in [0.3, 0.4) is 0 Å². The first-order valence-electron chi connectivity index (χ1n) is 5.98. The molecule has 0 bridgehead atoms. The molecular formula is C14H12N2O3. The van der Waals surface area contributed by atoms with E-state index >= 15 is 0 Å². The average Bonchev–Trinajstić information content (AvgIpc) is 2.84. The fraction of sp³-hybridized carbons (Fsp3) is 0.214. The zero-order valence-electron chi connectivity index (χ0n) is 10.1. The largest absolute Gasteiger partial charge is 0.481 e. The summed E-state index contributed by atoms with van der Waals surface area (Å²) >= 11 is 0. The Kier molecular flexibility index (Phi) is 2.48. The molecule has 96 valence electrons. The molecule has 0 unspecified atom stereocenters. The lowest BCUT2D eigenvalue weighted by Gasteiger charge is -2.36. The van der Waals surface area contributed by atoms with Crippen molar-refractivity contribution >= 4 is 11.8 Å². The van der Waals surface area contributed by atoms with Crippen molar-refractivity contribution in [3.63, 3.8) is 0 Å². The van der Waals surface area contributed by atoms with Gasteiger partial charge in [-0.05, 0) is 5.56 Å². The van der Waals surface area contributed by atoms with Crippen molar-refractivity contribution in [2.75, 3.05) is 0 Å². The van der Waals surface area contributed by atoms with Crippen molar-refractivity contribution in [2.45, 2.75) is 18.3 Å². The third-order valence-corrected chi connectivity index (χ3v) is 3.62. The monoisotopic (exact) mass is 256 g/mol. The maximum absolute atomic E-state index is 11.5. The second-order valence-corrected chi connectivity index (χ2v) is 4.80. The van der Waals surface area contributed by atoms with Gasteiger partial charge in [-0.3, -0.25) is 14.7 Å². The van der Waals surface area contributed by atoms with Crippen molar-refractivity contribution in [2.24, 2.45) is 0 Å². The topological polar surface area (TPSA) is 83.1 Å². The van der Waals surface area contributed by atoms with E-state index in [1.54, 1.807) is 0 Å². The number of aliphatic carboxylic acids is 1. The van der Waals surface area contributed by atoms with E-state index in [0.717, 1.165) is 5.56 Å². The summed E-state index contributed by atoms with van der Waals surface area (Å²) in [6, 6.07) is 9.40. The van der Waals surface area contributed by atoms with Gasteiger partial charge in [0.25, 0.3) is 0 Å². The number of Topliss-reactive ketones (excluding diaryl/α,β-unsaturated/α-hetero) is 1. The van der Waals surface area contributed by atoms with Gasteiger partial charge >= 0.3 is 5.97 Å². The molecule has 1 fully saturated rings. The van der Waals surface area contributed by atoms with E-state index in [4.69, 9.17) is 0 Å². The van der Waals surface area contributed by atoms with Gasteiger partial charge in [0.1, 0.15) is 11.2 Å². The van der Waals surface area contributed by atoms with Crippen LogP contribution in [0.4, 0.5) is 0 Å². The Labute approximate surface area is 109 Å². The molecule has 2 aromatic rings. The van der Waals surface area contributed by atoms with Gasteiger partial charge in [0.05, 0.1) is 11.9 Å². The first kappa shape index (κ1) is 11.6. The van der Waals surface area contributed by atoms with Gasteiger partial charge in [0.15, 0.2) is 0 Å². The van der Waals surface area contributed by atoms with Gasteiger partial charge in [-0.15, -0.1) is 0 Å². The molecule has 0 amide bonds. The molecule has 3 rings (SSSR count). The molecule has 1 aromatic heterocycles. The lowest BCUT2D eigenvalue weighted by atomic mass is 9.63.